The number of pyridine rings is 1. The van der Waals surface area contributed by atoms with Crippen LogP contribution in [0.4, 0.5) is 5.82 Å². The van der Waals surface area contributed by atoms with Gasteiger partial charge in [-0.3, -0.25) is 0 Å². The van der Waals surface area contributed by atoms with Gasteiger partial charge in [-0.1, -0.05) is 26.2 Å². The Morgan fingerprint density at radius 1 is 1.50 bits per heavy atom. The third-order valence-corrected chi connectivity index (χ3v) is 2.52. The minimum absolute atomic E-state index is 0.410. The van der Waals surface area contributed by atoms with Crippen molar-refractivity contribution >= 4 is 5.82 Å². The molecule has 0 aliphatic heterocycles. The molecule has 0 spiro atoms. The van der Waals surface area contributed by atoms with Gasteiger partial charge in [0.15, 0.2) is 0 Å². The molecule has 1 aromatic heterocycles. The molecule has 0 aromatic carbocycles. The summed E-state index contributed by atoms with van der Waals surface area (Å²) in [7, 11) is 0. The second-order valence-electron chi connectivity index (χ2n) is 4.08. The molecule has 3 nitrogen and oxygen atoms in total. The molecule has 3 heteroatoms. The Labute approximate surface area is 97.5 Å². The van der Waals surface area contributed by atoms with E-state index in [1.165, 1.54) is 19.3 Å². The maximum absolute atomic E-state index is 8.76. The lowest BCUT2D eigenvalue weighted by molar-refractivity contribution is 0.614. The van der Waals surface area contributed by atoms with Crippen LogP contribution in [0.1, 0.15) is 45.1 Å². The highest BCUT2D eigenvalue weighted by Gasteiger charge is 2.03. The molecule has 1 unspecified atom stereocenters. The molecule has 0 saturated heterocycles. The number of unbranched alkanes of at least 4 members (excludes halogenated alkanes) is 2. The Kier molecular flexibility index (Phi) is 5.35. The van der Waals surface area contributed by atoms with E-state index in [4.69, 9.17) is 5.26 Å². The van der Waals surface area contributed by atoms with Crippen molar-refractivity contribution in [1.82, 2.24) is 4.98 Å². The van der Waals surface area contributed by atoms with Crippen LogP contribution >= 0.6 is 0 Å². The minimum Gasteiger partial charge on any atom is -0.368 e. The lowest BCUT2D eigenvalue weighted by Crippen LogP contribution is -2.15. The number of nitriles is 1. The topological polar surface area (TPSA) is 48.7 Å². The number of nitrogens with zero attached hydrogens (tertiary/aromatic N) is 2. The zero-order valence-electron chi connectivity index (χ0n) is 10.0. The predicted octanol–water partition coefficient (Wildman–Crippen LogP) is 3.33. The van der Waals surface area contributed by atoms with Crippen molar-refractivity contribution in [3.05, 3.63) is 23.9 Å². The van der Waals surface area contributed by atoms with Gasteiger partial charge in [0, 0.05) is 12.2 Å². The third kappa shape index (κ3) is 4.31. The van der Waals surface area contributed by atoms with E-state index < -0.39 is 0 Å². The molecule has 1 atom stereocenters. The molecule has 1 heterocycles. The first kappa shape index (κ1) is 12.5. The van der Waals surface area contributed by atoms with Crippen LogP contribution in [0.5, 0.6) is 0 Å². The van der Waals surface area contributed by atoms with E-state index in [0.29, 0.717) is 11.6 Å². The molecule has 1 aromatic rings. The second kappa shape index (κ2) is 6.84. The summed E-state index contributed by atoms with van der Waals surface area (Å²) in [6, 6.07) is 6.03. The van der Waals surface area contributed by atoms with E-state index in [-0.39, 0.29) is 0 Å². The molecular formula is C13H19N3. The molecule has 0 amide bonds. The second-order valence-corrected chi connectivity index (χ2v) is 4.08. The van der Waals surface area contributed by atoms with E-state index in [0.717, 1.165) is 12.2 Å². The number of hydrogen-bond donors (Lipinski definition) is 1. The average molecular weight is 217 g/mol. The van der Waals surface area contributed by atoms with Crippen LogP contribution in [0, 0.1) is 11.3 Å². The molecule has 0 aliphatic carbocycles. The fourth-order valence-corrected chi connectivity index (χ4v) is 1.60. The normalized spacial score (nSPS) is 11.8. The third-order valence-electron chi connectivity index (χ3n) is 2.52. The average Bonchev–Trinajstić information content (AvgIpc) is 2.29. The van der Waals surface area contributed by atoms with Gasteiger partial charge in [0.25, 0.3) is 0 Å². The van der Waals surface area contributed by atoms with E-state index in [2.05, 4.69) is 30.2 Å². The maximum atomic E-state index is 8.76. The lowest BCUT2D eigenvalue weighted by Gasteiger charge is -2.14. The molecule has 0 bridgehead atoms. The van der Waals surface area contributed by atoms with Gasteiger partial charge in [0.2, 0.25) is 0 Å². The van der Waals surface area contributed by atoms with E-state index in [1.807, 2.05) is 0 Å². The van der Waals surface area contributed by atoms with Crippen molar-refractivity contribution in [3.8, 4) is 6.07 Å². The Morgan fingerprint density at radius 3 is 3.00 bits per heavy atom. The van der Waals surface area contributed by atoms with Crippen molar-refractivity contribution in [1.29, 1.82) is 5.26 Å². The van der Waals surface area contributed by atoms with E-state index in [9.17, 15) is 0 Å². The highest BCUT2D eigenvalue weighted by atomic mass is 15.0. The standard InChI is InChI=1S/C13H19N3/c1-3-4-5-6-11(2)16-13-9-12(10-14)7-8-15-13/h7-9,11H,3-6H2,1-2H3,(H,15,16). The van der Waals surface area contributed by atoms with Gasteiger partial charge in [-0.15, -0.1) is 0 Å². The smallest absolute Gasteiger partial charge is 0.127 e. The SMILES string of the molecule is CCCCCC(C)Nc1cc(C#N)ccn1. The Bertz CT molecular complexity index is 354. The molecule has 0 saturated carbocycles. The van der Waals surface area contributed by atoms with Crippen LogP contribution in [-0.2, 0) is 0 Å². The quantitative estimate of drug-likeness (QED) is 0.743. The van der Waals surface area contributed by atoms with E-state index in [1.54, 1.807) is 18.3 Å². The van der Waals surface area contributed by atoms with Crippen LogP contribution in [0.25, 0.3) is 0 Å². The van der Waals surface area contributed by atoms with Gasteiger partial charge in [-0.2, -0.15) is 5.26 Å². The van der Waals surface area contributed by atoms with Crippen LogP contribution in [-0.4, -0.2) is 11.0 Å². The largest absolute Gasteiger partial charge is 0.368 e. The zero-order valence-corrected chi connectivity index (χ0v) is 10.0. The van der Waals surface area contributed by atoms with Crippen molar-refractivity contribution in [2.75, 3.05) is 5.32 Å². The highest BCUT2D eigenvalue weighted by Crippen LogP contribution is 2.10. The van der Waals surface area contributed by atoms with Gasteiger partial charge in [0.1, 0.15) is 5.82 Å². The summed E-state index contributed by atoms with van der Waals surface area (Å²) in [5, 5.41) is 12.1. The molecule has 1 rings (SSSR count). The molecule has 86 valence electrons. The predicted molar refractivity (Wildman–Crippen MR) is 66.2 cm³/mol. The maximum Gasteiger partial charge on any atom is 0.127 e. The molecule has 0 radical (unpaired) electrons. The van der Waals surface area contributed by atoms with Crippen molar-refractivity contribution in [3.63, 3.8) is 0 Å². The van der Waals surface area contributed by atoms with Gasteiger partial charge in [-0.25, -0.2) is 4.98 Å². The number of anilines is 1. The van der Waals surface area contributed by atoms with Crippen molar-refractivity contribution < 1.29 is 0 Å². The van der Waals surface area contributed by atoms with Crippen LogP contribution in [0.3, 0.4) is 0 Å². The highest BCUT2D eigenvalue weighted by molar-refractivity contribution is 5.42. The summed E-state index contributed by atoms with van der Waals surface area (Å²) in [4.78, 5) is 4.19. The lowest BCUT2D eigenvalue weighted by atomic mass is 10.1. The monoisotopic (exact) mass is 217 g/mol. The Hall–Kier alpha value is -1.56. The summed E-state index contributed by atoms with van der Waals surface area (Å²) in [6.07, 6.45) is 6.57. The van der Waals surface area contributed by atoms with Gasteiger partial charge in [0.05, 0.1) is 11.6 Å². The minimum atomic E-state index is 0.410. The van der Waals surface area contributed by atoms with Gasteiger partial charge in [-0.05, 0) is 25.5 Å². The van der Waals surface area contributed by atoms with Crippen molar-refractivity contribution in [2.45, 2.75) is 45.6 Å². The van der Waals surface area contributed by atoms with Gasteiger partial charge >= 0.3 is 0 Å². The fraction of sp³-hybridized carbons (Fsp3) is 0.538. The molecular weight excluding hydrogens is 198 g/mol. The summed E-state index contributed by atoms with van der Waals surface area (Å²) < 4.78 is 0. The van der Waals surface area contributed by atoms with Gasteiger partial charge < -0.3 is 5.32 Å². The zero-order chi connectivity index (χ0) is 11.8. The molecule has 0 fully saturated rings. The summed E-state index contributed by atoms with van der Waals surface area (Å²) >= 11 is 0. The molecule has 0 aliphatic rings. The Balaban J connectivity index is 2.43. The fourth-order valence-electron chi connectivity index (χ4n) is 1.60. The number of nitrogens with one attached hydrogen (secondary N) is 1. The molecule has 16 heavy (non-hydrogen) atoms. The van der Waals surface area contributed by atoms with E-state index >= 15 is 0 Å². The number of aromatic nitrogens is 1. The van der Waals surface area contributed by atoms with Crippen LogP contribution in [0.2, 0.25) is 0 Å². The van der Waals surface area contributed by atoms with Crippen LogP contribution in [0.15, 0.2) is 18.3 Å². The Morgan fingerprint density at radius 2 is 2.31 bits per heavy atom. The summed E-state index contributed by atoms with van der Waals surface area (Å²) in [5.74, 6) is 0.794. The first-order valence-corrected chi connectivity index (χ1v) is 5.89. The van der Waals surface area contributed by atoms with Crippen LogP contribution < -0.4 is 5.32 Å². The summed E-state index contributed by atoms with van der Waals surface area (Å²) in [5.41, 5.74) is 0.651. The van der Waals surface area contributed by atoms with Crippen molar-refractivity contribution in [2.24, 2.45) is 0 Å². The first-order chi connectivity index (χ1) is 7.76. The first-order valence-electron chi connectivity index (χ1n) is 5.89. The number of hydrogen-bond acceptors (Lipinski definition) is 3. The summed E-state index contributed by atoms with van der Waals surface area (Å²) in [6.45, 7) is 4.35. The molecule has 1 N–H and O–H groups in total. The number of rotatable bonds is 6.